The Bertz CT molecular complexity index is 1210. The molecule has 0 bridgehead atoms. The minimum Gasteiger partial charge on any atom is -0.350 e. The van der Waals surface area contributed by atoms with Gasteiger partial charge in [-0.15, -0.1) is 5.10 Å². The zero-order valence-electron chi connectivity index (χ0n) is 18.2. The van der Waals surface area contributed by atoms with Crippen molar-refractivity contribution in [1.82, 2.24) is 40.0 Å². The highest BCUT2D eigenvalue weighted by Gasteiger charge is 2.20. The molecule has 0 radical (unpaired) electrons. The zero-order valence-corrected chi connectivity index (χ0v) is 18.2. The predicted molar refractivity (Wildman–Crippen MR) is 125 cm³/mol. The van der Waals surface area contributed by atoms with Gasteiger partial charge in [-0.2, -0.15) is 9.61 Å². The van der Waals surface area contributed by atoms with Crippen molar-refractivity contribution in [3.8, 4) is 11.4 Å². The molecule has 6 rings (SSSR count). The Morgan fingerprint density at radius 3 is 2.81 bits per heavy atom. The smallest absolute Gasteiger partial charge is 0.226 e. The number of anilines is 1. The van der Waals surface area contributed by atoms with E-state index in [-0.39, 0.29) is 0 Å². The van der Waals surface area contributed by atoms with Gasteiger partial charge in [0.05, 0.1) is 23.3 Å². The number of rotatable bonds is 4. The zero-order chi connectivity index (χ0) is 21.3. The Morgan fingerprint density at radius 1 is 0.969 bits per heavy atom. The van der Waals surface area contributed by atoms with Crippen LogP contribution in [0, 0.1) is 0 Å². The van der Waals surface area contributed by atoms with Crippen molar-refractivity contribution >= 4 is 22.5 Å². The van der Waals surface area contributed by atoms with Crippen LogP contribution in [0.3, 0.4) is 0 Å². The van der Waals surface area contributed by atoms with Crippen LogP contribution in [0.2, 0.25) is 0 Å². The van der Waals surface area contributed by atoms with Crippen molar-refractivity contribution in [1.29, 1.82) is 0 Å². The molecule has 0 spiro atoms. The number of hydrogen-bond donors (Lipinski definition) is 3. The Labute approximate surface area is 186 Å². The minimum absolute atomic E-state index is 0.324. The highest BCUT2D eigenvalue weighted by Crippen LogP contribution is 2.26. The lowest BCUT2D eigenvalue weighted by molar-refractivity contribution is 0.343. The van der Waals surface area contributed by atoms with E-state index >= 15 is 0 Å². The van der Waals surface area contributed by atoms with E-state index < -0.39 is 0 Å². The van der Waals surface area contributed by atoms with Gasteiger partial charge in [-0.1, -0.05) is 18.6 Å². The van der Waals surface area contributed by atoms with Gasteiger partial charge in [0.15, 0.2) is 11.5 Å². The van der Waals surface area contributed by atoms with Gasteiger partial charge in [0.2, 0.25) is 5.95 Å². The van der Waals surface area contributed by atoms with Gasteiger partial charge >= 0.3 is 0 Å². The minimum atomic E-state index is 0.324. The predicted octanol–water partition coefficient (Wildman–Crippen LogP) is 2.62. The average molecular weight is 432 g/mol. The standard InChI is InChI=1S/C23H29N9/c1-2-7-20-19(6-1)22-29-21(16-13-26-31(15-16)18-8-11-24-12-9-18)30-32(22)23(28-20)27-17-5-3-4-10-25-14-17/h1-2,6-7,13,15,17-18,24-25H,3-5,8-12,14H2,(H,27,28)/t17-/m1/s1. The van der Waals surface area contributed by atoms with E-state index in [9.17, 15) is 0 Å². The molecule has 3 N–H and O–H groups in total. The highest BCUT2D eigenvalue weighted by molar-refractivity contribution is 5.92. The lowest BCUT2D eigenvalue weighted by Crippen LogP contribution is -2.32. The molecule has 0 aliphatic carbocycles. The topological polar surface area (TPSA) is 97.0 Å². The molecule has 1 aromatic carbocycles. The Morgan fingerprint density at radius 2 is 1.88 bits per heavy atom. The Balaban J connectivity index is 1.40. The Kier molecular flexibility index (Phi) is 5.20. The molecule has 4 aromatic rings. The van der Waals surface area contributed by atoms with Gasteiger partial charge in [-0.25, -0.2) is 9.97 Å². The third kappa shape index (κ3) is 3.71. The fourth-order valence-electron chi connectivity index (χ4n) is 4.82. The Hall–Kier alpha value is -3.04. The number of para-hydroxylation sites is 1. The lowest BCUT2D eigenvalue weighted by atomic mass is 10.1. The van der Waals surface area contributed by atoms with E-state index in [0.29, 0.717) is 17.9 Å². The summed E-state index contributed by atoms with van der Waals surface area (Å²) < 4.78 is 3.94. The molecule has 3 aromatic heterocycles. The summed E-state index contributed by atoms with van der Waals surface area (Å²) in [6.45, 7) is 4.08. The van der Waals surface area contributed by atoms with Crippen LogP contribution in [-0.4, -0.2) is 61.6 Å². The monoisotopic (exact) mass is 431 g/mol. The summed E-state index contributed by atoms with van der Waals surface area (Å²) in [5.74, 6) is 1.43. The van der Waals surface area contributed by atoms with E-state index in [4.69, 9.17) is 15.1 Å². The number of hydrogen-bond acceptors (Lipinski definition) is 7. The van der Waals surface area contributed by atoms with E-state index in [1.807, 2.05) is 28.9 Å². The first kappa shape index (κ1) is 19.6. The van der Waals surface area contributed by atoms with E-state index in [2.05, 4.69) is 38.0 Å². The van der Waals surface area contributed by atoms with Gasteiger partial charge < -0.3 is 16.0 Å². The van der Waals surface area contributed by atoms with Crippen molar-refractivity contribution in [2.75, 3.05) is 31.5 Å². The van der Waals surface area contributed by atoms with Gasteiger partial charge in [0.25, 0.3) is 0 Å². The van der Waals surface area contributed by atoms with Crippen LogP contribution < -0.4 is 16.0 Å². The second-order valence-electron chi connectivity index (χ2n) is 8.85. The van der Waals surface area contributed by atoms with E-state index in [0.717, 1.165) is 73.5 Å². The molecule has 166 valence electrons. The summed E-state index contributed by atoms with van der Waals surface area (Å²) in [5, 5.41) is 21.1. The van der Waals surface area contributed by atoms with Crippen molar-refractivity contribution < 1.29 is 0 Å². The number of nitrogens with zero attached hydrogens (tertiary/aromatic N) is 6. The van der Waals surface area contributed by atoms with Crippen LogP contribution in [0.4, 0.5) is 5.95 Å². The molecule has 9 heteroatoms. The van der Waals surface area contributed by atoms with Crippen LogP contribution in [0.25, 0.3) is 27.9 Å². The molecule has 5 heterocycles. The fraction of sp³-hybridized carbons (Fsp3) is 0.478. The summed E-state index contributed by atoms with van der Waals surface area (Å²) in [6.07, 6.45) is 9.70. The normalized spacial score (nSPS) is 20.6. The molecule has 1 atom stereocenters. The number of fused-ring (bicyclic) bond motifs is 3. The van der Waals surface area contributed by atoms with Crippen molar-refractivity contribution in [2.45, 2.75) is 44.2 Å². The average Bonchev–Trinajstić information content (AvgIpc) is 3.43. The second kappa shape index (κ2) is 8.48. The van der Waals surface area contributed by atoms with Crippen LogP contribution in [0.5, 0.6) is 0 Å². The summed E-state index contributed by atoms with van der Waals surface area (Å²) in [7, 11) is 0. The van der Waals surface area contributed by atoms with Crippen LogP contribution >= 0.6 is 0 Å². The molecule has 32 heavy (non-hydrogen) atoms. The summed E-state index contributed by atoms with van der Waals surface area (Å²) >= 11 is 0. The van der Waals surface area contributed by atoms with E-state index in [1.165, 1.54) is 12.8 Å². The molecule has 0 unspecified atom stereocenters. The SMILES string of the molecule is c1ccc2c(c1)nc(N[C@@H]1CCCCNC1)n1nc(-c3cnn(C4CCNCC4)c3)nc21. The van der Waals surface area contributed by atoms with Crippen LogP contribution in [0.1, 0.15) is 38.1 Å². The second-order valence-corrected chi connectivity index (χ2v) is 8.85. The lowest BCUT2D eigenvalue weighted by Gasteiger charge is -2.22. The van der Waals surface area contributed by atoms with Crippen LogP contribution in [0.15, 0.2) is 36.7 Å². The quantitative estimate of drug-likeness (QED) is 0.457. The summed E-state index contributed by atoms with van der Waals surface area (Å²) in [4.78, 5) is 9.84. The van der Waals surface area contributed by atoms with Gasteiger partial charge in [0.1, 0.15) is 0 Å². The van der Waals surface area contributed by atoms with Gasteiger partial charge in [-0.3, -0.25) is 4.68 Å². The number of piperidine rings is 1. The molecular weight excluding hydrogens is 402 g/mol. The molecule has 2 aliphatic heterocycles. The van der Waals surface area contributed by atoms with Crippen molar-refractivity contribution in [2.24, 2.45) is 0 Å². The first-order valence-electron chi connectivity index (χ1n) is 11.7. The number of nitrogens with one attached hydrogen (secondary N) is 3. The van der Waals surface area contributed by atoms with Gasteiger partial charge in [0, 0.05) is 24.2 Å². The summed E-state index contributed by atoms with van der Waals surface area (Å²) in [5.41, 5.74) is 2.69. The van der Waals surface area contributed by atoms with E-state index in [1.54, 1.807) is 0 Å². The maximum absolute atomic E-state index is 4.93. The molecule has 2 aliphatic rings. The maximum atomic E-state index is 4.93. The molecule has 2 fully saturated rings. The number of aromatic nitrogens is 6. The third-order valence-electron chi connectivity index (χ3n) is 6.60. The molecule has 9 nitrogen and oxygen atoms in total. The highest BCUT2D eigenvalue weighted by atomic mass is 15.4. The first-order chi connectivity index (χ1) is 15.8. The fourth-order valence-corrected chi connectivity index (χ4v) is 4.82. The van der Waals surface area contributed by atoms with Crippen molar-refractivity contribution in [3.63, 3.8) is 0 Å². The molecule has 2 saturated heterocycles. The first-order valence-corrected chi connectivity index (χ1v) is 11.7. The number of benzene rings is 1. The van der Waals surface area contributed by atoms with Gasteiger partial charge in [-0.05, 0) is 57.5 Å². The largest absolute Gasteiger partial charge is 0.350 e. The summed E-state index contributed by atoms with van der Waals surface area (Å²) in [6, 6.07) is 8.90. The maximum Gasteiger partial charge on any atom is 0.226 e. The van der Waals surface area contributed by atoms with Crippen LogP contribution in [-0.2, 0) is 0 Å². The molecular formula is C23H29N9. The third-order valence-corrected chi connectivity index (χ3v) is 6.60. The molecule has 0 amide bonds. The van der Waals surface area contributed by atoms with Crippen molar-refractivity contribution in [3.05, 3.63) is 36.7 Å². The molecule has 0 saturated carbocycles.